The summed E-state index contributed by atoms with van der Waals surface area (Å²) < 4.78 is 31.4. The van der Waals surface area contributed by atoms with Crippen LogP contribution in [-0.4, -0.2) is 12.5 Å². The molecule has 1 N–H and O–H groups in total. The summed E-state index contributed by atoms with van der Waals surface area (Å²) in [5.41, 5.74) is 0.348. The zero-order valence-electron chi connectivity index (χ0n) is 11.9. The quantitative estimate of drug-likeness (QED) is 0.832. The number of nitrogens with one attached hydrogen (secondary N) is 1. The number of rotatable bonds is 6. The van der Waals surface area contributed by atoms with Gasteiger partial charge in [-0.3, -0.25) is 4.79 Å². The van der Waals surface area contributed by atoms with E-state index in [1.807, 2.05) is 0 Å². The van der Waals surface area contributed by atoms with E-state index < -0.39 is 11.6 Å². The number of benzene rings is 2. The fourth-order valence-electron chi connectivity index (χ4n) is 1.83. The van der Waals surface area contributed by atoms with Crippen molar-refractivity contribution in [3.63, 3.8) is 0 Å². The van der Waals surface area contributed by atoms with Crippen LogP contribution in [0.3, 0.4) is 0 Å². The number of amides is 1. The summed E-state index contributed by atoms with van der Waals surface area (Å²) in [6.07, 6.45) is 0.0953. The summed E-state index contributed by atoms with van der Waals surface area (Å²) >= 11 is 11.6. The van der Waals surface area contributed by atoms with Gasteiger partial charge >= 0.3 is 0 Å². The van der Waals surface area contributed by atoms with E-state index in [0.717, 1.165) is 18.2 Å². The Morgan fingerprint density at radius 2 is 1.74 bits per heavy atom. The molecule has 1 amide bonds. The van der Waals surface area contributed by atoms with Crippen LogP contribution in [0, 0.1) is 11.6 Å². The summed E-state index contributed by atoms with van der Waals surface area (Å²) in [6, 6.07) is 7.89. The molecule has 0 saturated heterocycles. The Balaban J connectivity index is 1.75. The van der Waals surface area contributed by atoms with E-state index >= 15 is 0 Å². The second-order valence-electron chi connectivity index (χ2n) is 4.73. The second kappa shape index (κ2) is 8.13. The minimum Gasteiger partial charge on any atom is -0.493 e. The van der Waals surface area contributed by atoms with Crippen molar-refractivity contribution in [1.29, 1.82) is 0 Å². The van der Waals surface area contributed by atoms with Crippen molar-refractivity contribution in [2.45, 2.75) is 13.0 Å². The zero-order chi connectivity index (χ0) is 16.8. The first kappa shape index (κ1) is 17.5. The van der Waals surface area contributed by atoms with Crippen LogP contribution in [0.1, 0.15) is 12.0 Å². The molecule has 0 unspecified atom stereocenters. The molecule has 23 heavy (non-hydrogen) atoms. The highest BCUT2D eigenvalue weighted by Gasteiger charge is 2.05. The summed E-state index contributed by atoms with van der Waals surface area (Å²) in [6.45, 7) is 0.182. The third-order valence-corrected chi connectivity index (χ3v) is 3.64. The maximum absolute atomic E-state index is 13.0. The molecule has 0 spiro atoms. The van der Waals surface area contributed by atoms with Gasteiger partial charge in [0.05, 0.1) is 23.1 Å². The minimum atomic E-state index is -0.683. The highest BCUT2D eigenvalue weighted by Crippen LogP contribution is 2.26. The molecular formula is C16H13Cl2F2NO2. The molecule has 0 aliphatic carbocycles. The number of hydrogen-bond donors (Lipinski definition) is 1. The molecule has 0 aromatic heterocycles. The summed E-state index contributed by atoms with van der Waals surface area (Å²) in [7, 11) is 0. The SMILES string of the molecule is O=C(CCOc1ccc(Cl)c(Cl)c1)NCc1cc(F)cc(F)c1. The smallest absolute Gasteiger partial charge is 0.223 e. The van der Waals surface area contributed by atoms with Crippen LogP contribution < -0.4 is 10.1 Å². The van der Waals surface area contributed by atoms with Crippen LogP contribution in [0.2, 0.25) is 10.0 Å². The number of ether oxygens (including phenoxy) is 1. The maximum Gasteiger partial charge on any atom is 0.223 e. The topological polar surface area (TPSA) is 38.3 Å². The summed E-state index contributed by atoms with van der Waals surface area (Å²) in [5, 5.41) is 3.34. The lowest BCUT2D eigenvalue weighted by Crippen LogP contribution is -2.24. The molecule has 2 aromatic carbocycles. The average Bonchev–Trinajstić information content (AvgIpc) is 2.48. The molecule has 7 heteroatoms. The van der Waals surface area contributed by atoms with E-state index in [0.29, 0.717) is 21.4 Å². The van der Waals surface area contributed by atoms with Crippen LogP contribution in [-0.2, 0) is 11.3 Å². The second-order valence-corrected chi connectivity index (χ2v) is 5.54. The largest absolute Gasteiger partial charge is 0.493 e. The monoisotopic (exact) mass is 359 g/mol. The van der Waals surface area contributed by atoms with Crippen LogP contribution >= 0.6 is 23.2 Å². The van der Waals surface area contributed by atoms with E-state index in [4.69, 9.17) is 27.9 Å². The Bertz CT molecular complexity index is 690. The molecule has 0 heterocycles. The number of carbonyl (C=O) groups is 1. The van der Waals surface area contributed by atoms with E-state index in [1.54, 1.807) is 18.2 Å². The van der Waals surface area contributed by atoms with Gasteiger partial charge in [-0.25, -0.2) is 8.78 Å². The van der Waals surface area contributed by atoms with Crippen molar-refractivity contribution in [2.24, 2.45) is 0 Å². The van der Waals surface area contributed by atoms with Gasteiger partial charge in [-0.2, -0.15) is 0 Å². The van der Waals surface area contributed by atoms with Crippen molar-refractivity contribution < 1.29 is 18.3 Å². The van der Waals surface area contributed by atoms with Gasteiger partial charge in [0.25, 0.3) is 0 Å². The van der Waals surface area contributed by atoms with Crippen LogP contribution in [0.4, 0.5) is 8.78 Å². The van der Waals surface area contributed by atoms with Crippen molar-refractivity contribution in [2.75, 3.05) is 6.61 Å². The third-order valence-electron chi connectivity index (χ3n) is 2.90. The molecule has 0 fully saturated rings. The lowest BCUT2D eigenvalue weighted by atomic mass is 10.2. The third kappa shape index (κ3) is 5.69. The van der Waals surface area contributed by atoms with Gasteiger partial charge in [-0.15, -0.1) is 0 Å². The highest BCUT2D eigenvalue weighted by molar-refractivity contribution is 6.42. The molecule has 0 saturated carbocycles. The number of carbonyl (C=O) groups excluding carboxylic acids is 1. The number of halogens is 4. The Morgan fingerprint density at radius 3 is 2.39 bits per heavy atom. The van der Waals surface area contributed by atoms with E-state index in [9.17, 15) is 13.6 Å². The first-order valence-electron chi connectivity index (χ1n) is 6.73. The van der Waals surface area contributed by atoms with Crippen LogP contribution in [0.25, 0.3) is 0 Å². The average molecular weight is 360 g/mol. The lowest BCUT2D eigenvalue weighted by molar-refractivity contribution is -0.121. The molecule has 0 bridgehead atoms. The van der Waals surface area contributed by atoms with Crippen molar-refractivity contribution in [1.82, 2.24) is 5.32 Å². The van der Waals surface area contributed by atoms with Crippen molar-refractivity contribution in [3.05, 3.63) is 63.6 Å². The van der Waals surface area contributed by atoms with Crippen LogP contribution in [0.15, 0.2) is 36.4 Å². The molecule has 2 aromatic rings. The summed E-state index contributed by atoms with van der Waals surface area (Å²) in [5.74, 6) is -1.16. The molecular weight excluding hydrogens is 347 g/mol. The van der Waals surface area contributed by atoms with Gasteiger partial charge < -0.3 is 10.1 Å². The predicted octanol–water partition coefficient (Wildman–Crippen LogP) is 4.36. The molecule has 2 rings (SSSR count). The fraction of sp³-hybridized carbons (Fsp3) is 0.188. The van der Waals surface area contributed by atoms with E-state index in [1.165, 1.54) is 0 Å². The fourth-order valence-corrected chi connectivity index (χ4v) is 2.12. The van der Waals surface area contributed by atoms with E-state index in [-0.39, 0.29) is 25.5 Å². The van der Waals surface area contributed by atoms with Gasteiger partial charge in [-0.05, 0) is 29.8 Å². The molecule has 0 radical (unpaired) electrons. The lowest BCUT2D eigenvalue weighted by Gasteiger charge is -2.08. The zero-order valence-corrected chi connectivity index (χ0v) is 13.4. The Labute approximate surface area is 142 Å². The Morgan fingerprint density at radius 1 is 1.04 bits per heavy atom. The van der Waals surface area contributed by atoms with Gasteiger partial charge in [0.1, 0.15) is 17.4 Å². The van der Waals surface area contributed by atoms with Crippen molar-refractivity contribution in [3.8, 4) is 5.75 Å². The predicted molar refractivity (Wildman–Crippen MR) is 84.8 cm³/mol. The summed E-state index contributed by atoms with van der Waals surface area (Å²) in [4.78, 5) is 11.7. The van der Waals surface area contributed by atoms with Crippen LogP contribution in [0.5, 0.6) is 5.75 Å². The first-order valence-corrected chi connectivity index (χ1v) is 7.49. The van der Waals surface area contributed by atoms with Gasteiger partial charge in [-0.1, -0.05) is 23.2 Å². The first-order chi connectivity index (χ1) is 10.9. The standard InChI is InChI=1S/C16H13Cl2F2NO2/c17-14-2-1-13(8-15(14)18)23-4-3-16(22)21-9-10-5-11(19)7-12(20)6-10/h1-2,5-8H,3-4,9H2,(H,21,22). The normalized spacial score (nSPS) is 10.4. The maximum atomic E-state index is 13.0. The van der Waals surface area contributed by atoms with Gasteiger partial charge in [0.2, 0.25) is 5.91 Å². The van der Waals surface area contributed by atoms with Gasteiger partial charge in [0.15, 0.2) is 0 Å². The molecule has 0 atom stereocenters. The van der Waals surface area contributed by atoms with Gasteiger partial charge in [0, 0.05) is 18.7 Å². The number of hydrogen-bond acceptors (Lipinski definition) is 2. The molecule has 122 valence electrons. The minimum absolute atomic E-state index is 0.0420. The van der Waals surface area contributed by atoms with E-state index in [2.05, 4.69) is 5.32 Å². The molecule has 0 aliphatic rings. The molecule has 0 aliphatic heterocycles. The Hall–Kier alpha value is -1.85. The molecule has 3 nitrogen and oxygen atoms in total. The highest BCUT2D eigenvalue weighted by atomic mass is 35.5. The Kier molecular flexibility index (Phi) is 6.19. The van der Waals surface area contributed by atoms with Crippen molar-refractivity contribution >= 4 is 29.1 Å².